The molecule has 0 saturated carbocycles. The predicted molar refractivity (Wildman–Crippen MR) is 87.4 cm³/mol. The first-order valence-corrected chi connectivity index (χ1v) is 7.84. The van der Waals surface area contributed by atoms with Crippen LogP contribution in [0.25, 0.3) is 0 Å². The van der Waals surface area contributed by atoms with Crippen molar-refractivity contribution in [1.29, 1.82) is 0 Å². The quantitative estimate of drug-likeness (QED) is 0.896. The Bertz CT molecular complexity index is 682. The minimum absolute atomic E-state index is 0.191. The van der Waals surface area contributed by atoms with Gasteiger partial charge in [0.2, 0.25) is 0 Å². The summed E-state index contributed by atoms with van der Waals surface area (Å²) in [6.45, 7) is 1.73. The van der Waals surface area contributed by atoms with Gasteiger partial charge in [-0.05, 0) is 42.2 Å². The van der Waals surface area contributed by atoms with Crippen LogP contribution in [0.4, 0.5) is 4.39 Å². The monoisotopic (exact) mass is 346 g/mol. The molecule has 108 valence electrons. The van der Waals surface area contributed by atoms with E-state index in [9.17, 15) is 4.39 Å². The zero-order chi connectivity index (χ0) is 14.7. The maximum atomic E-state index is 13.3. The van der Waals surface area contributed by atoms with Crippen molar-refractivity contribution in [3.8, 4) is 0 Å². The summed E-state index contributed by atoms with van der Waals surface area (Å²) < 4.78 is 14.3. The largest absolute Gasteiger partial charge is 0.368 e. The molecular weight excluding hydrogens is 331 g/mol. The van der Waals surface area contributed by atoms with Gasteiger partial charge in [-0.1, -0.05) is 40.2 Å². The molecule has 1 aliphatic heterocycles. The number of benzene rings is 2. The molecule has 0 atom stereocenters. The highest BCUT2D eigenvalue weighted by Gasteiger charge is 2.12. The Kier molecular flexibility index (Phi) is 4.34. The minimum Gasteiger partial charge on any atom is -0.368 e. The number of aryl methyl sites for hydroxylation is 2. The van der Waals surface area contributed by atoms with Gasteiger partial charge in [-0.15, -0.1) is 0 Å². The molecule has 0 spiro atoms. The standard InChI is InChI=1S/C17H16BrFN2/c18-16-8-7-14(19)11-13(16)6-5-12-3-1-2-4-15(12)17-20-9-10-21-17/h1-4,7-8,11H,5-6,9-10H2,(H,20,21). The Labute approximate surface area is 132 Å². The van der Waals surface area contributed by atoms with Crippen molar-refractivity contribution in [3.05, 3.63) is 69.4 Å². The molecule has 3 rings (SSSR count). The number of amidine groups is 1. The second-order valence-corrected chi connectivity index (χ2v) is 5.90. The molecule has 0 radical (unpaired) electrons. The van der Waals surface area contributed by atoms with Gasteiger partial charge in [0, 0.05) is 16.6 Å². The Balaban J connectivity index is 1.81. The lowest BCUT2D eigenvalue weighted by Crippen LogP contribution is -2.21. The molecule has 1 N–H and O–H groups in total. The molecule has 4 heteroatoms. The van der Waals surface area contributed by atoms with E-state index in [1.54, 1.807) is 12.1 Å². The van der Waals surface area contributed by atoms with Gasteiger partial charge in [0.25, 0.3) is 0 Å². The third kappa shape index (κ3) is 3.32. The summed E-state index contributed by atoms with van der Waals surface area (Å²) in [6.07, 6.45) is 1.65. The number of halogens is 2. The van der Waals surface area contributed by atoms with Crippen molar-refractivity contribution in [1.82, 2.24) is 5.32 Å². The van der Waals surface area contributed by atoms with E-state index in [-0.39, 0.29) is 5.82 Å². The normalized spacial score (nSPS) is 13.9. The van der Waals surface area contributed by atoms with Crippen molar-refractivity contribution in [2.75, 3.05) is 13.1 Å². The van der Waals surface area contributed by atoms with Crippen molar-refractivity contribution in [2.24, 2.45) is 4.99 Å². The van der Waals surface area contributed by atoms with Crippen LogP contribution in [0.5, 0.6) is 0 Å². The highest BCUT2D eigenvalue weighted by atomic mass is 79.9. The Hall–Kier alpha value is -1.68. The van der Waals surface area contributed by atoms with Crippen LogP contribution in [0, 0.1) is 5.82 Å². The molecule has 2 aromatic rings. The highest BCUT2D eigenvalue weighted by molar-refractivity contribution is 9.10. The van der Waals surface area contributed by atoms with Gasteiger partial charge in [0.15, 0.2) is 0 Å². The van der Waals surface area contributed by atoms with E-state index < -0.39 is 0 Å². The average Bonchev–Trinajstić information content (AvgIpc) is 3.03. The zero-order valence-electron chi connectivity index (χ0n) is 11.6. The van der Waals surface area contributed by atoms with E-state index in [4.69, 9.17) is 0 Å². The lowest BCUT2D eigenvalue weighted by Gasteiger charge is -2.11. The van der Waals surface area contributed by atoms with Gasteiger partial charge >= 0.3 is 0 Å². The van der Waals surface area contributed by atoms with Gasteiger partial charge in [0.1, 0.15) is 11.7 Å². The summed E-state index contributed by atoms with van der Waals surface area (Å²) in [4.78, 5) is 4.49. The van der Waals surface area contributed by atoms with E-state index in [2.05, 4.69) is 38.4 Å². The third-order valence-electron chi connectivity index (χ3n) is 3.62. The van der Waals surface area contributed by atoms with Crippen LogP contribution in [-0.2, 0) is 12.8 Å². The molecule has 2 nitrogen and oxygen atoms in total. The molecule has 0 unspecified atom stereocenters. The molecule has 0 amide bonds. The Morgan fingerprint density at radius 1 is 1.10 bits per heavy atom. The average molecular weight is 347 g/mol. The second-order valence-electron chi connectivity index (χ2n) is 5.05. The van der Waals surface area contributed by atoms with Crippen molar-refractivity contribution < 1.29 is 4.39 Å². The fourth-order valence-corrected chi connectivity index (χ4v) is 3.00. The molecule has 0 bridgehead atoms. The maximum absolute atomic E-state index is 13.3. The number of aliphatic imine (C=N–C) groups is 1. The van der Waals surface area contributed by atoms with Crippen LogP contribution in [0.1, 0.15) is 16.7 Å². The van der Waals surface area contributed by atoms with Crippen LogP contribution in [0.2, 0.25) is 0 Å². The Morgan fingerprint density at radius 2 is 1.90 bits per heavy atom. The second kappa shape index (κ2) is 6.39. The summed E-state index contributed by atoms with van der Waals surface area (Å²) in [7, 11) is 0. The Morgan fingerprint density at radius 3 is 2.71 bits per heavy atom. The number of hydrogen-bond donors (Lipinski definition) is 1. The number of hydrogen-bond acceptors (Lipinski definition) is 2. The fourth-order valence-electron chi connectivity index (χ4n) is 2.55. The lowest BCUT2D eigenvalue weighted by molar-refractivity contribution is 0.624. The maximum Gasteiger partial charge on any atom is 0.128 e. The van der Waals surface area contributed by atoms with E-state index in [0.717, 1.165) is 47.4 Å². The molecule has 21 heavy (non-hydrogen) atoms. The van der Waals surface area contributed by atoms with E-state index in [0.29, 0.717) is 0 Å². The van der Waals surface area contributed by atoms with E-state index in [1.165, 1.54) is 11.6 Å². The third-order valence-corrected chi connectivity index (χ3v) is 4.39. The predicted octanol–water partition coefficient (Wildman–Crippen LogP) is 3.72. The van der Waals surface area contributed by atoms with Crippen LogP contribution >= 0.6 is 15.9 Å². The van der Waals surface area contributed by atoms with Crippen LogP contribution in [0.15, 0.2) is 51.9 Å². The topological polar surface area (TPSA) is 24.4 Å². The summed E-state index contributed by atoms with van der Waals surface area (Å²) >= 11 is 3.49. The molecule has 1 aliphatic rings. The molecule has 0 aliphatic carbocycles. The lowest BCUT2D eigenvalue weighted by atomic mass is 9.99. The summed E-state index contributed by atoms with van der Waals surface area (Å²) in [5.74, 6) is 0.784. The number of nitrogens with zero attached hydrogens (tertiary/aromatic N) is 1. The molecule has 2 aromatic carbocycles. The van der Waals surface area contributed by atoms with Crippen molar-refractivity contribution >= 4 is 21.8 Å². The SMILES string of the molecule is Fc1ccc(Br)c(CCc2ccccc2C2=NCCN2)c1. The van der Waals surface area contributed by atoms with Gasteiger partial charge in [0.05, 0.1) is 6.54 Å². The first kappa shape index (κ1) is 14.3. The van der Waals surface area contributed by atoms with Crippen LogP contribution < -0.4 is 5.32 Å². The molecular formula is C17H16BrFN2. The first-order chi connectivity index (χ1) is 10.2. The smallest absolute Gasteiger partial charge is 0.128 e. The molecule has 0 fully saturated rings. The van der Waals surface area contributed by atoms with E-state index in [1.807, 2.05) is 12.1 Å². The van der Waals surface area contributed by atoms with Gasteiger partial charge in [-0.25, -0.2) is 4.39 Å². The van der Waals surface area contributed by atoms with Crippen LogP contribution in [-0.4, -0.2) is 18.9 Å². The van der Waals surface area contributed by atoms with Crippen molar-refractivity contribution in [3.63, 3.8) is 0 Å². The van der Waals surface area contributed by atoms with Crippen LogP contribution in [0.3, 0.4) is 0 Å². The highest BCUT2D eigenvalue weighted by Crippen LogP contribution is 2.21. The summed E-state index contributed by atoms with van der Waals surface area (Å²) in [6, 6.07) is 13.1. The minimum atomic E-state index is -0.191. The van der Waals surface area contributed by atoms with Crippen molar-refractivity contribution in [2.45, 2.75) is 12.8 Å². The van der Waals surface area contributed by atoms with E-state index >= 15 is 0 Å². The first-order valence-electron chi connectivity index (χ1n) is 7.04. The molecule has 0 saturated heterocycles. The number of rotatable bonds is 4. The summed E-state index contributed by atoms with van der Waals surface area (Å²) in [5.41, 5.74) is 3.38. The number of nitrogens with one attached hydrogen (secondary N) is 1. The molecule has 0 aromatic heterocycles. The zero-order valence-corrected chi connectivity index (χ0v) is 13.2. The van der Waals surface area contributed by atoms with Gasteiger partial charge in [-0.2, -0.15) is 0 Å². The fraction of sp³-hybridized carbons (Fsp3) is 0.235. The summed E-state index contributed by atoms with van der Waals surface area (Å²) in [5, 5.41) is 3.31. The molecule has 1 heterocycles. The van der Waals surface area contributed by atoms with Gasteiger partial charge in [-0.3, -0.25) is 4.99 Å². The van der Waals surface area contributed by atoms with Gasteiger partial charge < -0.3 is 5.32 Å².